The monoisotopic (exact) mass is 569 g/mol. The number of rotatable bonds is 4. The van der Waals surface area contributed by atoms with Crippen LogP contribution in [0.3, 0.4) is 0 Å². The van der Waals surface area contributed by atoms with E-state index in [4.69, 9.17) is 9.47 Å². The van der Waals surface area contributed by atoms with Crippen molar-refractivity contribution in [1.29, 1.82) is 0 Å². The quantitative estimate of drug-likeness (QED) is 0.454. The number of aromatic nitrogens is 2. The fourth-order valence-electron chi connectivity index (χ4n) is 5.38. The number of carbonyl (C=O) groups excluding carboxylic acids is 3. The molecule has 1 atom stereocenters. The molecule has 2 aromatic carbocycles. The molecule has 1 unspecified atom stereocenters. The first-order valence-electron chi connectivity index (χ1n) is 13.8. The number of ether oxygens (including phenoxy) is 2. The maximum Gasteiger partial charge on any atom is 0.420 e. The topological polar surface area (TPSA) is 106 Å². The number of fused-ring (bicyclic) bond motifs is 2. The molecule has 218 valence electrons. The molecule has 3 aromatic rings. The molecule has 0 saturated carbocycles. The fourth-order valence-corrected chi connectivity index (χ4v) is 5.38. The van der Waals surface area contributed by atoms with E-state index >= 15 is 0 Å². The molecule has 1 N–H and O–H groups in total. The summed E-state index contributed by atoms with van der Waals surface area (Å²) in [6, 6.07) is 13.3. The lowest BCUT2D eigenvalue weighted by Crippen LogP contribution is -2.36. The zero-order valence-electron chi connectivity index (χ0n) is 24.7. The number of imidazole rings is 1. The van der Waals surface area contributed by atoms with E-state index in [9.17, 15) is 14.4 Å². The molecule has 1 aliphatic heterocycles. The van der Waals surface area contributed by atoms with Crippen LogP contribution in [-0.4, -0.2) is 71.3 Å². The van der Waals surface area contributed by atoms with Crippen molar-refractivity contribution in [3.63, 3.8) is 0 Å². The number of aryl methyl sites for hydroxylation is 1. The number of hydrogen-bond acceptors (Lipinski definition) is 8. The van der Waals surface area contributed by atoms with E-state index < -0.39 is 23.7 Å². The van der Waals surface area contributed by atoms with Crippen molar-refractivity contribution in [2.24, 2.45) is 0 Å². The van der Waals surface area contributed by atoms with Crippen molar-refractivity contribution >= 4 is 40.3 Å². The highest BCUT2D eigenvalue weighted by Gasteiger charge is 2.34. The zero-order chi connectivity index (χ0) is 30.2. The molecule has 0 bridgehead atoms. The second kappa shape index (κ2) is 11.4. The van der Waals surface area contributed by atoms with Crippen LogP contribution in [0.25, 0.3) is 11.0 Å². The standard InChI is InChI=1S/C32H35N5O5/c1-20-33-28-24(11-9-13-27(28)37(20)31(40)42-32(2,3)4)34-30(39)22-14-15-26(23(19-38)29(22)41-6)36-17-16-35(5)18-21-10-7-8-12-25(21)36/h7-15,29H,16-18H2,1-6H3,(H,34,39). The first-order chi connectivity index (χ1) is 20.0. The molecule has 0 spiro atoms. The number of amides is 1. The Morgan fingerprint density at radius 1 is 1.07 bits per heavy atom. The van der Waals surface area contributed by atoms with Gasteiger partial charge in [0.25, 0.3) is 5.91 Å². The van der Waals surface area contributed by atoms with Crippen molar-refractivity contribution in [2.45, 2.75) is 45.9 Å². The van der Waals surface area contributed by atoms with Gasteiger partial charge in [0.15, 0.2) is 0 Å². The van der Waals surface area contributed by atoms with Crippen LogP contribution in [0.5, 0.6) is 0 Å². The highest BCUT2D eigenvalue weighted by molar-refractivity contribution is 6.10. The molecule has 10 nitrogen and oxygen atoms in total. The molecule has 42 heavy (non-hydrogen) atoms. The van der Waals surface area contributed by atoms with Gasteiger partial charge in [-0.1, -0.05) is 24.3 Å². The Labute approximate surface area is 244 Å². The highest BCUT2D eigenvalue weighted by Crippen LogP contribution is 2.35. The predicted molar refractivity (Wildman–Crippen MR) is 161 cm³/mol. The summed E-state index contributed by atoms with van der Waals surface area (Å²) in [6.45, 7) is 9.30. The predicted octanol–water partition coefficient (Wildman–Crippen LogP) is 4.62. The number of carbonyl (C=O) groups is 2. The number of hydrogen-bond donors (Lipinski definition) is 1. The van der Waals surface area contributed by atoms with E-state index in [1.165, 1.54) is 11.7 Å². The molecular weight excluding hydrogens is 534 g/mol. The smallest absolute Gasteiger partial charge is 0.420 e. The number of nitrogens with zero attached hydrogens (tertiary/aromatic N) is 4. The molecule has 10 heteroatoms. The second-order valence-electron chi connectivity index (χ2n) is 11.4. The minimum Gasteiger partial charge on any atom is -0.443 e. The van der Waals surface area contributed by atoms with Crippen LogP contribution in [0.1, 0.15) is 32.2 Å². The lowest BCUT2D eigenvalue weighted by Gasteiger charge is -2.32. The van der Waals surface area contributed by atoms with E-state index in [1.807, 2.05) is 18.2 Å². The number of allylic oxidation sites excluding steroid dienone is 2. The van der Waals surface area contributed by atoms with Gasteiger partial charge in [-0.25, -0.2) is 19.1 Å². The summed E-state index contributed by atoms with van der Waals surface area (Å²) in [4.78, 5) is 47.8. The average Bonchev–Trinajstić information content (AvgIpc) is 3.19. The zero-order valence-corrected chi connectivity index (χ0v) is 24.7. The fraction of sp³-hybridized carbons (Fsp3) is 0.344. The molecule has 0 saturated heterocycles. The Kier molecular flexibility index (Phi) is 7.88. The molecular formula is C32H35N5O5. The Bertz CT molecular complexity index is 1670. The minimum absolute atomic E-state index is 0.243. The summed E-state index contributed by atoms with van der Waals surface area (Å²) < 4.78 is 12.7. The number of methoxy groups -OCH3 is 1. The Morgan fingerprint density at radius 3 is 2.55 bits per heavy atom. The van der Waals surface area contributed by atoms with E-state index in [1.54, 1.807) is 58.0 Å². The van der Waals surface area contributed by atoms with Crippen LogP contribution in [0, 0.1) is 6.92 Å². The molecule has 1 amide bonds. The second-order valence-corrected chi connectivity index (χ2v) is 11.4. The third kappa shape index (κ3) is 5.52. The Balaban J connectivity index is 1.49. The summed E-state index contributed by atoms with van der Waals surface area (Å²) in [7, 11) is 3.52. The number of nitrogens with one attached hydrogen (secondary N) is 1. The summed E-state index contributed by atoms with van der Waals surface area (Å²) >= 11 is 0. The normalized spacial score (nSPS) is 17.6. The van der Waals surface area contributed by atoms with Crippen LogP contribution in [-0.2, 0) is 25.6 Å². The maximum atomic E-state index is 13.7. The van der Waals surface area contributed by atoms with Gasteiger partial charge in [-0.3, -0.25) is 4.79 Å². The third-order valence-corrected chi connectivity index (χ3v) is 7.25. The van der Waals surface area contributed by atoms with Gasteiger partial charge in [0.1, 0.15) is 29.0 Å². The van der Waals surface area contributed by atoms with Gasteiger partial charge >= 0.3 is 6.09 Å². The minimum atomic E-state index is -0.934. The molecule has 2 heterocycles. The first kappa shape index (κ1) is 29.0. The van der Waals surface area contributed by atoms with Crippen molar-refractivity contribution in [1.82, 2.24) is 14.5 Å². The first-order valence-corrected chi connectivity index (χ1v) is 13.8. The number of likely N-dealkylation sites (N-methyl/N-ethyl adjacent to an activating group) is 1. The number of para-hydroxylation sites is 2. The number of anilines is 2. The van der Waals surface area contributed by atoms with E-state index in [0.717, 1.165) is 24.3 Å². The van der Waals surface area contributed by atoms with Crippen molar-refractivity contribution in [3.8, 4) is 0 Å². The van der Waals surface area contributed by atoms with Gasteiger partial charge in [-0.15, -0.1) is 0 Å². The Morgan fingerprint density at radius 2 is 1.83 bits per heavy atom. The number of benzene rings is 2. The maximum absolute atomic E-state index is 13.7. The summed E-state index contributed by atoms with van der Waals surface area (Å²) in [5.41, 5.74) is 3.94. The molecule has 5 rings (SSSR count). The lowest BCUT2D eigenvalue weighted by molar-refractivity contribution is -0.113. The van der Waals surface area contributed by atoms with Gasteiger partial charge in [0.2, 0.25) is 0 Å². The van der Waals surface area contributed by atoms with Gasteiger partial charge in [0, 0.05) is 32.4 Å². The van der Waals surface area contributed by atoms with Gasteiger partial charge in [0.05, 0.1) is 28.0 Å². The van der Waals surface area contributed by atoms with Crippen LogP contribution in [0.2, 0.25) is 0 Å². The van der Waals surface area contributed by atoms with Gasteiger partial charge in [-0.2, -0.15) is 0 Å². The van der Waals surface area contributed by atoms with Crippen LogP contribution in [0.4, 0.5) is 16.2 Å². The van der Waals surface area contributed by atoms with E-state index in [2.05, 4.69) is 39.2 Å². The molecule has 0 fully saturated rings. The van der Waals surface area contributed by atoms with Crippen LogP contribution < -0.4 is 10.2 Å². The molecule has 1 aromatic heterocycles. The van der Waals surface area contributed by atoms with Gasteiger partial charge in [-0.05, 0) is 70.7 Å². The third-order valence-electron chi connectivity index (χ3n) is 7.25. The van der Waals surface area contributed by atoms with Crippen molar-refractivity contribution in [2.75, 3.05) is 37.5 Å². The van der Waals surface area contributed by atoms with Crippen LogP contribution >= 0.6 is 0 Å². The Hall–Kier alpha value is -4.50. The van der Waals surface area contributed by atoms with E-state index in [0.29, 0.717) is 34.8 Å². The largest absolute Gasteiger partial charge is 0.443 e. The summed E-state index contributed by atoms with van der Waals surface area (Å²) in [6.07, 6.45) is 1.96. The highest BCUT2D eigenvalue weighted by atomic mass is 16.6. The molecule has 0 radical (unpaired) electrons. The lowest BCUT2D eigenvalue weighted by atomic mass is 9.92. The van der Waals surface area contributed by atoms with Crippen molar-refractivity contribution in [3.05, 3.63) is 82.8 Å². The average molecular weight is 570 g/mol. The van der Waals surface area contributed by atoms with Crippen LogP contribution in [0.15, 0.2) is 71.5 Å². The summed E-state index contributed by atoms with van der Waals surface area (Å²) in [5, 5.41) is 2.91. The van der Waals surface area contributed by atoms with E-state index in [-0.39, 0.29) is 11.1 Å². The van der Waals surface area contributed by atoms with Crippen molar-refractivity contribution < 1.29 is 23.9 Å². The molecule has 1 aliphatic carbocycles. The summed E-state index contributed by atoms with van der Waals surface area (Å²) in [5.74, 6) is 2.03. The molecule has 2 aliphatic rings. The SMILES string of the molecule is COC1C(=C=O)C(N2CCN(C)Cc3ccccc32)=CC=C1C(=O)Nc1cccc2c1nc(C)n2C(=O)OC(C)(C)C. The van der Waals surface area contributed by atoms with Gasteiger partial charge < -0.3 is 24.6 Å².